The summed E-state index contributed by atoms with van der Waals surface area (Å²) in [5, 5.41) is 2.91. The lowest BCUT2D eigenvalue weighted by molar-refractivity contribution is -0.143. The smallest absolute Gasteiger partial charge is 0.306 e. The minimum Gasteiger partial charge on any atom is -0.493 e. The highest BCUT2D eigenvalue weighted by atomic mass is 32.1. The second-order valence-corrected chi connectivity index (χ2v) is 8.75. The van der Waals surface area contributed by atoms with E-state index in [9.17, 15) is 4.79 Å². The van der Waals surface area contributed by atoms with Crippen LogP contribution in [0.2, 0.25) is 0 Å². The number of esters is 1. The topological polar surface area (TPSA) is 66.9 Å². The third-order valence-electron chi connectivity index (χ3n) is 5.69. The quantitative estimate of drug-likeness (QED) is 0.268. The maximum atomic E-state index is 11.8. The van der Waals surface area contributed by atoms with Crippen LogP contribution in [0.5, 0.6) is 17.2 Å². The Balaban J connectivity index is 1.24. The number of methoxy groups -OCH3 is 1. The summed E-state index contributed by atoms with van der Waals surface area (Å²) in [7, 11) is 1.64. The van der Waals surface area contributed by atoms with E-state index in [-0.39, 0.29) is 11.9 Å². The van der Waals surface area contributed by atoms with Gasteiger partial charge in [-0.2, -0.15) is 0 Å². The summed E-state index contributed by atoms with van der Waals surface area (Å²) in [6.07, 6.45) is 4.94. The first kappa shape index (κ1) is 23.1. The van der Waals surface area contributed by atoms with Gasteiger partial charge in [0, 0.05) is 23.6 Å². The zero-order chi connectivity index (χ0) is 23.0. The van der Waals surface area contributed by atoms with Crippen molar-refractivity contribution in [1.29, 1.82) is 0 Å². The first-order valence-electron chi connectivity index (χ1n) is 11.3. The van der Waals surface area contributed by atoms with Crippen molar-refractivity contribution in [2.24, 2.45) is 0 Å². The molecule has 0 unspecified atom stereocenters. The van der Waals surface area contributed by atoms with E-state index < -0.39 is 0 Å². The van der Waals surface area contributed by atoms with E-state index in [0.29, 0.717) is 37.7 Å². The number of nitrogens with zero attached hydrogens (tertiary/aromatic N) is 1. The van der Waals surface area contributed by atoms with Crippen LogP contribution >= 0.6 is 11.3 Å². The molecule has 1 aliphatic carbocycles. The van der Waals surface area contributed by atoms with E-state index in [1.807, 2.05) is 36.6 Å². The molecular weight excluding hydrogens is 438 g/mol. The Morgan fingerprint density at radius 1 is 1.12 bits per heavy atom. The molecule has 1 aromatic heterocycles. The summed E-state index contributed by atoms with van der Waals surface area (Å²) in [4.78, 5) is 16.2. The van der Waals surface area contributed by atoms with Gasteiger partial charge in [0.05, 0.1) is 33.4 Å². The molecule has 2 aromatic carbocycles. The first-order chi connectivity index (χ1) is 16.2. The van der Waals surface area contributed by atoms with Crippen LogP contribution in [-0.2, 0) is 16.0 Å². The van der Waals surface area contributed by atoms with Crippen LogP contribution in [0.3, 0.4) is 0 Å². The summed E-state index contributed by atoms with van der Waals surface area (Å²) in [5.41, 5.74) is 3.52. The van der Waals surface area contributed by atoms with Crippen molar-refractivity contribution < 1.29 is 23.7 Å². The molecule has 0 aliphatic heterocycles. The Kier molecular flexibility index (Phi) is 7.83. The third-order valence-corrected chi connectivity index (χ3v) is 6.51. The van der Waals surface area contributed by atoms with E-state index in [4.69, 9.17) is 18.9 Å². The van der Waals surface area contributed by atoms with E-state index >= 15 is 0 Å². The van der Waals surface area contributed by atoms with Crippen LogP contribution in [0.1, 0.15) is 43.2 Å². The summed E-state index contributed by atoms with van der Waals surface area (Å²) in [6.45, 7) is 3.36. The number of hydrogen-bond donors (Lipinski definition) is 0. The number of hydrogen-bond acceptors (Lipinski definition) is 7. The van der Waals surface area contributed by atoms with E-state index in [1.54, 1.807) is 24.6 Å². The molecule has 0 saturated carbocycles. The maximum Gasteiger partial charge on any atom is 0.306 e. The third kappa shape index (κ3) is 5.85. The van der Waals surface area contributed by atoms with Crippen LogP contribution in [-0.4, -0.2) is 37.9 Å². The Morgan fingerprint density at radius 2 is 2.00 bits per heavy atom. The highest BCUT2D eigenvalue weighted by molar-refractivity contribution is 7.13. The van der Waals surface area contributed by atoms with Crippen molar-refractivity contribution in [3.8, 4) is 27.8 Å². The summed E-state index contributed by atoms with van der Waals surface area (Å²) in [6, 6.07) is 12.0. The molecule has 0 N–H and O–H groups in total. The van der Waals surface area contributed by atoms with Crippen molar-refractivity contribution in [2.75, 3.05) is 26.9 Å². The summed E-state index contributed by atoms with van der Waals surface area (Å²) in [5.74, 6) is 2.39. The van der Waals surface area contributed by atoms with Crippen molar-refractivity contribution >= 4 is 17.3 Å². The van der Waals surface area contributed by atoms with Gasteiger partial charge in [-0.25, -0.2) is 4.98 Å². The van der Waals surface area contributed by atoms with Gasteiger partial charge in [0.1, 0.15) is 10.8 Å². The lowest BCUT2D eigenvalue weighted by Gasteiger charge is -2.13. The Bertz CT molecular complexity index is 1070. The number of ether oxygens (including phenoxy) is 4. The fraction of sp³-hybridized carbons (Fsp3) is 0.385. The van der Waals surface area contributed by atoms with Crippen molar-refractivity contribution in [3.63, 3.8) is 0 Å². The maximum absolute atomic E-state index is 11.8. The first-order valence-corrected chi connectivity index (χ1v) is 12.2. The van der Waals surface area contributed by atoms with E-state index in [0.717, 1.165) is 35.6 Å². The van der Waals surface area contributed by atoms with Gasteiger partial charge >= 0.3 is 5.97 Å². The fourth-order valence-corrected chi connectivity index (χ4v) is 4.76. The number of rotatable bonds is 11. The van der Waals surface area contributed by atoms with Gasteiger partial charge in [0.15, 0.2) is 11.5 Å². The van der Waals surface area contributed by atoms with Gasteiger partial charge in [-0.3, -0.25) is 4.79 Å². The Labute approximate surface area is 198 Å². The van der Waals surface area contributed by atoms with Gasteiger partial charge in [0.25, 0.3) is 0 Å². The number of aryl methyl sites for hydroxylation is 1. The normalized spacial score (nSPS) is 14.5. The molecule has 0 amide bonds. The zero-order valence-corrected chi connectivity index (χ0v) is 19.9. The van der Waals surface area contributed by atoms with Gasteiger partial charge in [-0.05, 0) is 67.1 Å². The lowest BCUT2D eigenvalue weighted by atomic mass is 9.98. The molecule has 33 heavy (non-hydrogen) atoms. The molecule has 174 valence electrons. The van der Waals surface area contributed by atoms with Crippen LogP contribution in [0.15, 0.2) is 48.0 Å². The standard InChI is InChI=1S/C26H29NO5S/c1-3-30-25(28)17-19-6-5-18-15-21(8-9-22(18)19)31-12-4-13-32-23-10-7-20(16-24(23)29-2)26-27-11-14-33-26/h7-11,14-16,19H,3-6,12-13,17H2,1-2H3/t19-/m0/s1. The van der Waals surface area contributed by atoms with Crippen molar-refractivity contribution in [1.82, 2.24) is 4.98 Å². The highest BCUT2D eigenvalue weighted by Crippen LogP contribution is 2.37. The molecule has 3 aromatic rings. The summed E-state index contributed by atoms with van der Waals surface area (Å²) >= 11 is 1.59. The molecule has 1 aliphatic rings. The van der Waals surface area contributed by atoms with Gasteiger partial charge < -0.3 is 18.9 Å². The molecule has 1 heterocycles. The van der Waals surface area contributed by atoms with Crippen LogP contribution in [0.25, 0.3) is 10.6 Å². The SMILES string of the molecule is CCOC(=O)C[C@@H]1CCc2cc(OCCCOc3ccc(-c4nccs4)cc3OC)ccc21. The van der Waals surface area contributed by atoms with Gasteiger partial charge in [0.2, 0.25) is 0 Å². The predicted molar refractivity (Wildman–Crippen MR) is 128 cm³/mol. The largest absolute Gasteiger partial charge is 0.493 e. The van der Waals surface area contributed by atoms with Crippen LogP contribution in [0.4, 0.5) is 0 Å². The van der Waals surface area contributed by atoms with E-state index in [1.165, 1.54) is 11.1 Å². The molecule has 0 fully saturated rings. The van der Waals surface area contributed by atoms with Crippen LogP contribution in [0, 0.1) is 0 Å². The van der Waals surface area contributed by atoms with Crippen molar-refractivity contribution in [2.45, 2.75) is 38.5 Å². The second kappa shape index (κ2) is 11.2. The second-order valence-electron chi connectivity index (χ2n) is 7.86. The lowest BCUT2D eigenvalue weighted by Crippen LogP contribution is -2.08. The van der Waals surface area contributed by atoms with Crippen LogP contribution < -0.4 is 14.2 Å². The Morgan fingerprint density at radius 3 is 2.79 bits per heavy atom. The predicted octanol–water partition coefficient (Wildman–Crippen LogP) is 5.65. The molecule has 1 atom stereocenters. The Hall–Kier alpha value is -3.06. The molecule has 0 spiro atoms. The van der Waals surface area contributed by atoms with Gasteiger partial charge in [-0.1, -0.05) is 6.07 Å². The number of thiazole rings is 1. The summed E-state index contributed by atoms with van der Waals surface area (Å²) < 4.78 is 22.4. The number of carbonyl (C=O) groups excluding carboxylic acids is 1. The van der Waals surface area contributed by atoms with Crippen molar-refractivity contribution in [3.05, 3.63) is 59.1 Å². The average molecular weight is 468 g/mol. The molecule has 0 radical (unpaired) electrons. The number of carbonyl (C=O) groups is 1. The number of aromatic nitrogens is 1. The minimum absolute atomic E-state index is 0.120. The number of fused-ring (bicyclic) bond motifs is 1. The zero-order valence-electron chi connectivity index (χ0n) is 19.0. The highest BCUT2D eigenvalue weighted by Gasteiger charge is 2.25. The van der Waals surface area contributed by atoms with Gasteiger partial charge in [-0.15, -0.1) is 11.3 Å². The van der Waals surface area contributed by atoms with E-state index in [2.05, 4.69) is 17.1 Å². The molecule has 4 rings (SSSR count). The minimum atomic E-state index is -0.120. The molecule has 7 heteroatoms. The molecular formula is C26H29NO5S. The monoisotopic (exact) mass is 467 g/mol. The molecule has 0 saturated heterocycles. The number of benzene rings is 2. The average Bonchev–Trinajstić information content (AvgIpc) is 3.50. The molecule has 0 bridgehead atoms. The molecule has 6 nitrogen and oxygen atoms in total. The fourth-order valence-electron chi connectivity index (χ4n) is 4.12.